The summed E-state index contributed by atoms with van der Waals surface area (Å²) in [5.74, 6) is 1.04. The van der Waals surface area contributed by atoms with Crippen LogP contribution >= 0.6 is 22.6 Å². The van der Waals surface area contributed by atoms with E-state index >= 15 is 0 Å². The van der Waals surface area contributed by atoms with Crippen molar-refractivity contribution < 1.29 is 0 Å². The number of rotatable bonds is 2. The molecule has 0 atom stereocenters. The van der Waals surface area contributed by atoms with E-state index < -0.39 is 0 Å². The number of aromatic nitrogens is 3. The van der Waals surface area contributed by atoms with Gasteiger partial charge in [-0.25, -0.2) is 4.98 Å². The first kappa shape index (κ1) is 11.8. The topological polar surface area (TPSA) is 58.6 Å². The van der Waals surface area contributed by atoms with Gasteiger partial charge >= 0.3 is 0 Å². The number of hydrogen-bond acceptors (Lipinski definition) is 3. The fraction of sp³-hybridized carbons (Fsp3) is 0.308. The molecule has 0 aliphatic heterocycles. The van der Waals surface area contributed by atoms with E-state index in [9.17, 15) is 4.79 Å². The van der Waals surface area contributed by atoms with Gasteiger partial charge in [0.15, 0.2) is 5.82 Å². The molecule has 0 amide bonds. The van der Waals surface area contributed by atoms with Crippen LogP contribution in [-0.4, -0.2) is 15.0 Å². The highest BCUT2D eigenvalue weighted by Gasteiger charge is 2.29. The highest BCUT2D eigenvalue weighted by atomic mass is 127. The average Bonchev–Trinajstić information content (AvgIpc) is 3.17. The van der Waals surface area contributed by atoms with Crippen molar-refractivity contribution in [3.8, 4) is 11.5 Å². The van der Waals surface area contributed by atoms with Crippen LogP contribution in [0.1, 0.15) is 30.0 Å². The maximum atomic E-state index is 11.9. The Morgan fingerprint density at radius 1 is 1.44 bits per heavy atom. The van der Waals surface area contributed by atoms with Gasteiger partial charge in [-0.1, -0.05) is 6.07 Å². The molecule has 5 heteroatoms. The van der Waals surface area contributed by atoms with Gasteiger partial charge in [0.1, 0.15) is 9.26 Å². The standard InChI is InChI=1S/C13H12IN3O/c1-7-3-2-6-15-10(7)12-16-11(8-4-5-8)9(14)13(18)17-12/h2-3,6,8H,4-5H2,1H3,(H,16,17,18). The fourth-order valence-electron chi connectivity index (χ4n) is 1.95. The Labute approximate surface area is 118 Å². The zero-order chi connectivity index (χ0) is 12.7. The monoisotopic (exact) mass is 353 g/mol. The minimum absolute atomic E-state index is 0.0625. The molecule has 18 heavy (non-hydrogen) atoms. The summed E-state index contributed by atoms with van der Waals surface area (Å²) in [5, 5.41) is 0. The first-order valence-corrected chi connectivity index (χ1v) is 6.96. The summed E-state index contributed by atoms with van der Waals surface area (Å²) in [5.41, 5.74) is 2.64. The number of nitrogens with one attached hydrogen (secondary N) is 1. The molecule has 92 valence electrons. The van der Waals surface area contributed by atoms with Crippen molar-refractivity contribution in [3.05, 3.63) is 43.5 Å². The lowest BCUT2D eigenvalue weighted by molar-refractivity contribution is 0.950. The first-order chi connectivity index (χ1) is 8.66. The van der Waals surface area contributed by atoms with Crippen LogP contribution in [0.3, 0.4) is 0 Å². The second-order valence-corrected chi connectivity index (χ2v) is 5.64. The second-order valence-electron chi connectivity index (χ2n) is 4.56. The fourth-order valence-corrected chi connectivity index (χ4v) is 2.65. The number of aromatic amines is 1. The van der Waals surface area contributed by atoms with Crippen molar-refractivity contribution in [3.63, 3.8) is 0 Å². The van der Waals surface area contributed by atoms with Crippen LogP contribution < -0.4 is 5.56 Å². The van der Waals surface area contributed by atoms with Gasteiger partial charge in [-0.15, -0.1) is 0 Å². The molecule has 2 heterocycles. The molecule has 1 fully saturated rings. The van der Waals surface area contributed by atoms with E-state index in [2.05, 4.69) is 37.5 Å². The van der Waals surface area contributed by atoms with Crippen LogP contribution in [0.25, 0.3) is 11.5 Å². The van der Waals surface area contributed by atoms with E-state index in [1.165, 1.54) is 0 Å². The number of hydrogen-bond donors (Lipinski definition) is 1. The van der Waals surface area contributed by atoms with E-state index in [1.807, 2.05) is 19.1 Å². The molecule has 0 radical (unpaired) electrons. The molecule has 2 aromatic rings. The lowest BCUT2D eigenvalue weighted by Gasteiger charge is -2.07. The summed E-state index contributed by atoms with van der Waals surface area (Å²) in [6.45, 7) is 1.97. The van der Waals surface area contributed by atoms with Crippen molar-refractivity contribution in [2.45, 2.75) is 25.7 Å². The van der Waals surface area contributed by atoms with Crippen molar-refractivity contribution >= 4 is 22.6 Å². The smallest absolute Gasteiger partial charge is 0.264 e. The Kier molecular flexibility index (Phi) is 2.93. The van der Waals surface area contributed by atoms with Gasteiger partial charge in [-0.3, -0.25) is 9.78 Å². The zero-order valence-electron chi connectivity index (χ0n) is 9.90. The van der Waals surface area contributed by atoms with E-state index in [-0.39, 0.29) is 5.56 Å². The third kappa shape index (κ3) is 2.07. The quantitative estimate of drug-likeness (QED) is 0.845. The third-order valence-electron chi connectivity index (χ3n) is 3.09. The Morgan fingerprint density at radius 2 is 2.22 bits per heavy atom. The van der Waals surface area contributed by atoms with Gasteiger partial charge in [0.2, 0.25) is 0 Å². The maximum absolute atomic E-state index is 11.9. The predicted octanol–water partition coefficient (Wildman–Crippen LogP) is 2.62. The Bertz CT molecular complexity index is 662. The van der Waals surface area contributed by atoms with Gasteiger partial charge < -0.3 is 4.98 Å². The number of nitrogens with zero attached hydrogens (tertiary/aromatic N) is 2. The summed E-state index contributed by atoms with van der Waals surface area (Å²) >= 11 is 2.08. The normalized spacial score (nSPS) is 14.8. The van der Waals surface area contributed by atoms with Gasteiger partial charge in [0, 0.05) is 12.1 Å². The lowest BCUT2D eigenvalue weighted by Crippen LogP contribution is -2.16. The molecular formula is C13H12IN3O. The van der Waals surface area contributed by atoms with E-state index in [4.69, 9.17) is 0 Å². The second kappa shape index (κ2) is 4.46. The SMILES string of the molecule is Cc1cccnc1-c1nc(C2CC2)c(I)c(=O)[nH]1. The van der Waals surface area contributed by atoms with Crippen LogP contribution in [0, 0.1) is 10.5 Å². The Balaban J connectivity index is 2.19. The molecule has 3 rings (SSSR count). The molecule has 0 saturated heterocycles. The molecule has 1 aliphatic rings. The van der Waals surface area contributed by atoms with Gasteiger partial charge in [-0.05, 0) is 54.0 Å². The number of H-pyrrole nitrogens is 1. The van der Waals surface area contributed by atoms with Crippen LogP contribution in [-0.2, 0) is 0 Å². The maximum Gasteiger partial charge on any atom is 0.264 e. The first-order valence-electron chi connectivity index (χ1n) is 5.88. The summed E-state index contributed by atoms with van der Waals surface area (Å²) in [6, 6.07) is 3.85. The average molecular weight is 353 g/mol. The van der Waals surface area contributed by atoms with Crippen molar-refractivity contribution in [2.24, 2.45) is 0 Å². The summed E-state index contributed by atoms with van der Waals surface area (Å²) in [7, 11) is 0. The van der Waals surface area contributed by atoms with Gasteiger partial charge in [0.25, 0.3) is 5.56 Å². The molecule has 4 nitrogen and oxygen atoms in total. The number of aryl methyl sites for hydroxylation is 1. The van der Waals surface area contributed by atoms with E-state index in [1.54, 1.807) is 6.20 Å². The van der Waals surface area contributed by atoms with Crippen molar-refractivity contribution in [2.75, 3.05) is 0 Å². The predicted molar refractivity (Wildman–Crippen MR) is 77.5 cm³/mol. The Morgan fingerprint density at radius 3 is 2.89 bits per heavy atom. The van der Waals surface area contributed by atoms with Gasteiger partial charge in [-0.2, -0.15) is 0 Å². The van der Waals surface area contributed by atoms with Crippen LogP contribution in [0.15, 0.2) is 23.1 Å². The molecule has 0 bridgehead atoms. The molecule has 1 N–H and O–H groups in total. The molecule has 1 aliphatic carbocycles. The highest BCUT2D eigenvalue weighted by Crippen LogP contribution is 2.40. The van der Waals surface area contributed by atoms with Crippen LogP contribution in [0.2, 0.25) is 0 Å². The third-order valence-corrected chi connectivity index (χ3v) is 4.13. The summed E-state index contributed by atoms with van der Waals surface area (Å²) in [6.07, 6.45) is 3.98. The molecule has 0 unspecified atom stereocenters. The molecule has 0 spiro atoms. The molecule has 1 saturated carbocycles. The highest BCUT2D eigenvalue weighted by molar-refractivity contribution is 14.1. The minimum Gasteiger partial charge on any atom is -0.304 e. The minimum atomic E-state index is -0.0625. The summed E-state index contributed by atoms with van der Waals surface area (Å²) < 4.78 is 0.715. The van der Waals surface area contributed by atoms with Crippen LogP contribution in [0.4, 0.5) is 0 Å². The molecule has 0 aromatic carbocycles. The van der Waals surface area contributed by atoms with Crippen molar-refractivity contribution in [1.29, 1.82) is 0 Å². The van der Waals surface area contributed by atoms with Crippen LogP contribution in [0.5, 0.6) is 0 Å². The van der Waals surface area contributed by atoms with Gasteiger partial charge in [0.05, 0.1) is 5.69 Å². The Hall–Kier alpha value is -1.24. The largest absolute Gasteiger partial charge is 0.304 e. The summed E-state index contributed by atoms with van der Waals surface area (Å²) in [4.78, 5) is 23.7. The molecular weight excluding hydrogens is 341 g/mol. The van der Waals surface area contributed by atoms with E-state index in [0.29, 0.717) is 15.3 Å². The van der Waals surface area contributed by atoms with E-state index in [0.717, 1.165) is 29.8 Å². The van der Waals surface area contributed by atoms with Crippen molar-refractivity contribution in [1.82, 2.24) is 15.0 Å². The number of pyridine rings is 1. The zero-order valence-corrected chi connectivity index (χ0v) is 12.1. The molecule has 2 aromatic heterocycles. The number of halogens is 1. The lowest BCUT2D eigenvalue weighted by atomic mass is 10.2.